The number of ether oxygens (including phenoxy) is 3. The van der Waals surface area contributed by atoms with E-state index in [4.69, 9.17) is 21.1 Å². The van der Waals surface area contributed by atoms with E-state index in [1.807, 2.05) is 0 Å². The van der Waals surface area contributed by atoms with Crippen LogP contribution in [0.25, 0.3) is 0 Å². The van der Waals surface area contributed by atoms with Gasteiger partial charge in [-0.3, -0.25) is 4.79 Å². The Labute approximate surface area is 164 Å². The van der Waals surface area contributed by atoms with Crippen molar-refractivity contribution in [2.75, 3.05) is 19.8 Å². The number of fused-ring (bicyclic) bond motifs is 1. The standard InChI is InChI=1S/C19H17ClF3NO4/c20-15-7-13(8-16-18(15)27-6-5-26-16)9-17(25)24-10-12-1-3-14(4-2-12)28-11-19(21,22)23/h1-4,7-8H,5-6,9-11H2,(H,24,25). The summed E-state index contributed by atoms with van der Waals surface area (Å²) in [4.78, 5) is 12.2. The first-order chi connectivity index (χ1) is 13.3. The van der Waals surface area contributed by atoms with Crippen molar-refractivity contribution in [2.45, 2.75) is 19.1 Å². The third-order valence-electron chi connectivity index (χ3n) is 3.84. The van der Waals surface area contributed by atoms with Crippen molar-refractivity contribution >= 4 is 17.5 Å². The first kappa shape index (κ1) is 20.1. The molecule has 0 aromatic heterocycles. The van der Waals surface area contributed by atoms with Crippen molar-refractivity contribution in [1.29, 1.82) is 0 Å². The third kappa shape index (κ3) is 5.69. The Balaban J connectivity index is 1.51. The number of hydrogen-bond donors (Lipinski definition) is 1. The minimum atomic E-state index is -4.39. The van der Waals surface area contributed by atoms with E-state index in [0.29, 0.717) is 35.3 Å². The summed E-state index contributed by atoms with van der Waals surface area (Å²) in [7, 11) is 0. The second-order valence-electron chi connectivity index (χ2n) is 6.10. The number of rotatable bonds is 6. The van der Waals surface area contributed by atoms with Crippen molar-refractivity contribution in [1.82, 2.24) is 5.32 Å². The van der Waals surface area contributed by atoms with Crippen LogP contribution < -0.4 is 19.5 Å². The summed E-state index contributed by atoms with van der Waals surface area (Å²) in [5.41, 5.74) is 1.41. The molecule has 1 amide bonds. The topological polar surface area (TPSA) is 56.8 Å². The highest BCUT2D eigenvalue weighted by atomic mass is 35.5. The Morgan fingerprint density at radius 3 is 2.54 bits per heavy atom. The number of amides is 1. The zero-order valence-electron chi connectivity index (χ0n) is 14.6. The van der Waals surface area contributed by atoms with Crippen LogP contribution in [0.2, 0.25) is 5.02 Å². The van der Waals surface area contributed by atoms with E-state index in [1.165, 1.54) is 12.1 Å². The fourth-order valence-electron chi connectivity index (χ4n) is 2.58. The monoisotopic (exact) mass is 415 g/mol. The van der Waals surface area contributed by atoms with Crippen LogP contribution >= 0.6 is 11.6 Å². The highest BCUT2D eigenvalue weighted by Gasteiger charge is 2.28. The van der Waals surface area contributed by atoms with Gasteiger partial charge >= 0.3 is 6.18 Å². The average Bonchev–Trinajstić information content (AvgIpc) is 2.65. The Kier molecular flexibility index (Phi) is 6.18. The largest absolute Gasteiger partial charge is 0.486 e. The first-order valence-corrected chi connectivity index (χ1v) is 8.81. The van der Waals surface area contributed by atoms with Crippen LogP contribution in [0.4, 0.5) is 13.2 Å². The summed E-state index contributed by atoms with van der Waals surface area (Å²) in [6, 6.07) is 9.40. The van der Waals surface area contributed by atoms with Crippen molar-refractivity contribution in [3.05, 3.63) is 52.5 Å². The molecule has 9 heteroatoms. The van der Waals surface area contributed by atoms with Gasteiger partial charge in [-0.1, -0.05) is 23.7 Å². The van der Waals surface area contributed by atoms with Gasteiger partial charge in [-0.2, -0.15) is 13.2 Å². The quantitative estimate of drug-likeness (QED) is 0.777. The fraction of sp³-hybridized carbons (Fsp3) is 0.316. The Bertz CT molecular complexity index is 840. The van der Waals surface area contributed by atoms with Crippen LogP contribution in [0.1, 0.15) is 11.1 Å². The fourth-order valence-corrected chi connectivity index (χ4v) is 2.87. The van der Waals surface area contributed by atoms with Gasteiger partial charge in [0.15, 0.2) is 18.1 Å². The Hall–Kier alpha value is -2.61. The number of carbonyl (C=O) groups is 1. The number of halogens is 4. The molecule has 0 atom stereocenters. The molecule has 150 valence electrons. The summed E-state index contributed by atoms with van der Waals surface area (Å²) >= 11 is 6.15. The van der Waals surface area contributed by atoms with Gasteiger partial charge in [0.1, 0.15) is 19.0 Å². The molecule has 0 unspecified atom stereocenters. The molecule has 2 aromatic carbocycles. The maximum Gasteiger partial charge on any atom is 0.422 e. The van der Waals surface area contributed by atoms with Crippen molar-refractivity contribution < 1.29 is 32.2 Å². The second-order valence-corrected chi connectivity index (χ2v) is 6.51. The zero-order chi connectivity index (χ0) is 20.1. The van der Waals surface area contributed by atoms with E-state index in [1.54, 1.807) is 24.3 Å². The molecule has 1 heterocycles. The molecular weight excluding hydrogens is 399 g/mol. The lowest BCUT2D eigenvalue weighted by Gasteiger charge is -2.20. The molecule has 0 saturated heterocycles. The van der Waals surface area contributed by atoms with Gasteiger partial charge in [0.2, 0.25) is 5.91 Å². The SMILES string of the molecule is O=C(Cc1cc(Cl)c2c(c1)OCCO2)NCc1ccc(OCC(F)(F)F)cc1. The normalized spacial score (nSPS) is 13.1. The molecule has 1 N–H and O–H groups in total. The zero-order valence-corrected chi connectivity index (χ0v) is 15.4. The lowest BCUT2D eigenvalue weighted by atomic mass is 10.1. The minimum absolute atomic E-state index is 0.100. The predicted octanol–water partition coefficient (Wildman–Crippen LogP) is 3.91. The van der Waals surface area contributed by atoms with E-state index in [2.05, 4.69) is 10.1 Å². The highest BCUT2D eigenvalue weighted by molar-refractivity contribution is 6.32. The molecule has 0 spiro atoms. The van der Waals surface area contributed by atoms with Crippen LogP contribution in [-0.2, 0) is 17.8 Å². The average molecular weight is 416 g/mol. The Morgan fingerprint density at radius 1 is 1.11 bits per heavy atom. The molecule has 0 fully saturated rings. The van der Waals surface area contributed by atoms with Crippen molar-refractivity contribution in [3.8, 4) is 17.2 Å². The molecule has 0 aliphatic carbocycles. The molecule has 5 nitrogen and oxygen atoms in total. The van der Waals surface area contributed by atoms with E-state index >= 15 is 0 Å². The molecule has 2 aromatic rings. The molecule has 28 heavy (non-hydrogen) atoms. The van der Waals surface area contributed by atoms with E-state index < -0.39 is 12.8 Å². The minimum Gasteiger partial charge on any atom is -0.486 e. The van der Waals surface area contributed by atoms with E-state index in [9.17, 15) is 18.0 Å². The molecule has 1 aliphatic rings. The molecule has 1 aliphatic heterocycles. The van der Waals surface area contributed by atoms with Crippen molar-refractivity contribution in [3.63, 3.8) is 0 Å². The summed E-state index contributed by atoms with van der Waals surface area (Å²) in [6.45, 7) is -0.272. The molecule has 0 radical (unpaired) electrons. The summed E-state index contributed by atoms with van der Waals surface area (Å²) in [6.07, 6.45) is -4.29. The first-order valence-electron chi connectivity index (χ1n) is 8.43. The van der Waals surface area contributed by atoms with Gasteiger partial charge in [-0.25, -0.2) is 0 Å². The number of alkyl halides is 3. The molecular formula is C19H17ClF3NO4. The number of nitrogens with one attached hydrogen (secondary N) is 1. The summed E-state index contributed by atoms with van der Waals surface area (Å²) in [5.74, 6) is 0.865. The lowest BCUT2D eigenvalue weighted by molar-refractivity contribution is -0.153. The van der Waals surface area contributed by atoms with Gasteiger partial charge in [-0.15, -0.1) is 0 Å². The number of benzene rings is 2. The molecule has 0 saturated carbocycles. The van der Waals surface area contributed by atoms with Gasteiger partial charge in [-0.05, 0) is 35.4 Å². The van der Waals surface area contributed by atoms with Crippen LogP contribution in [0.3, 0.4) is 0 Å². The van der Waals surface area contributed by atoms with Crippen molar-refractivity contribution in [2.24, 2.45) is 0 Å². The maximum absolute atomic E-state index is 12.2. The molecule has 0 bridgehead atoms. The van der Waals surface area contributed by atoms with Crippen LogP contribution in [-0.4, -0.2) is 31.9 Å². The third-order valence-corrected chi connectivity index (χ3v) is 4.12. The van der Waals surface area contributed by atoms with E-state index in [-0.39, 0.29) is 24.6 Å². The van der Waals surface area contributed by atoms with Crippen LogP contribution in [0.15, 0.2) is 36.4 Å². The smallest absolute Gasteiger partial charge is 0.422 e. The van der Waals surface area contributed by atoms with Gasteiger partial charge in [0.05, 0.1) is 11.4 Å². The lowest BCUT2D eigenvalue weighted by Crippen LogP contribution is -2.24. The van der Waals surface area contributed by atoms with E-state index in [0.717, 1.165) is 5.56 Å². The second kappa shape index (κ2) is 8.60. The van der Waals surface area contributed by atoms with Crippen LogP contribution in [0, 0.1) is 0 Å². The molecule has 3 rings (SSSR count). The predicted molar refractivity (Wildman–Crippen MR) is 96.0 cm³/mol. The maximum atomic E-state index is 12.2. The van der Waals surface area contributed by atoms with Gasteiger partial charge in [0, 0.05) is 6.54 Å². The highest BCUT2D eigenvalue weighted by Crippen LogP contribution is 2.38. The van der Waals surface area contributed by atoms with Gasteiger partial charge in [0.25, 0.3) is 0 Å². The van der Waals surface area contributed by atoms with Crippen LogP contribution in [0.5, 0.6) is 17.2 Å². The number of hydrogen-bond acceptors (Lipinski definition) is 4. The summed E-state index contributed by atoms with van der Waals surface area (Å²) < 4.78 is 52.0. The van der Waals surface area contributed by atoms with Gasteiger partial charge < -0.3 is 19.5 Å². The Morgan fingerprint density at radius 2 is 1.82 bits per heavy atom. The summed E-state index contributed by atoms with van der Waals surface area (Å²) in [5, 5.41) is 3.13. The number of carbonyl (C=O) groups excluding carboxylic acids is 1.